The highest BCUT2D eigenvalue weighted by atomic mass is 32.1. The van der Waals surface area contributed by atoms with Crippen molar-refractivity contribution < 1.29 is 14.4 Å². The number of amides is 3. The van der Waals surface area contributed by atoms with Crippen LogP contribution in [0.25, 0.3) is 0 Å². The van der Waals surface area contributed by atoms with Gasteiger partial charge in [-0.2, -0.15) is 11.3 Å². The molecule has 3 amide bonds. The van der Waals surface area contributed by atoms with E-state index in [1.54, 1.807) is 22.3 Å². The predicted molar refractivity (Wildman–Crippen MR) is 128 cm³/mol. The Morgan fingerprint density at radius 2 is 1.88 bits per heavy atom. The summed E-state index contributed by atoms with van der Waals surface area (Å²) < 4.78 is 0. The average molecular weight is 454 g/mol. The van der Waals surface area contributed by atoms with Gasteiger partial charge in [0.15, 0.2) is 0 Å². The lowest BCUT2D eigenvalue weighted by Crippen LogP contribution is -2.43. The summed E-state index contributed by atoms with van der Waals surface area (Å²) in [4.78, 5) is 39.6. The molecule has 0 atom stereocenters. The van der Waals surface area contributed by atoms with Gasteiger partial charge in [-0.25, -0.2) is 0 Å². The van der Waals surface area contributed by atoms with Crippen LogP contribution in [0.5, 0.6) is 0 Å². The highest BCUT2D eigenvalue weighted by Crippen LogP contribution is 2.41. The van der Waals surface area contributed by atoms with Crippen molar-refractivity contribution in [2.24, 2.45) is 5.92 Å². The van der Waals surface area contributed by atoms with Crippen LogP contribution in [0.15, 0.2) is 35.0 Å². The molecule has 1 saturated carbocycles. The minimum atomic E-state index is -0.680. The first-order chi connectivity index (χ1) is 15.4. The quantitative estimate of drug-likeness (QED) is 0.665. The van der Waals surface area contributed by atoms with Gasteiger partial charge in [-0.1, -0.05) is 32.8 Å². The third-order valence-electron chi connectivity index (χ3n) is 6.71. The van der Waals surface area contributed by atoms with Crippen LogP contribution in [-0.4, -0.2) is 30.8 Å². The van der Waals surface area contributed by atoms with Crippen LogP contribution >= 0.6 is 11.3 Å². The second-order valence-corrected chi connectivity index (χ2v) is 10.0. The summed E-state index contributed by atoms with van der Waals surface area (Å²) in [7, 11) is 0. The van der Waals surface area contributed by atoms with Gasteiger partial charge in [0.2, 0.25) is 5.91 Å². The fourth-order valence-corrected chi connectivity index (χ4v) is 5.67. The maximum absolute atomic E-state index is 12.6. The molecule has 0 bridgehead atoms. The Bertz CT molecular complexity index is 994. The number of aryl methyl sites for hydroxylation is 1. The van der Waals surface area contributed by atoms with Crippen molar-refractivity contribution in [2.45, 2.75) is 57.8 Å². The van der Waals surface area contributed by atoms with Crippen LogP contribution < -0.4 is 15.5 Å². The average Bonchev–Trinajstić information content (AvgIpc) is 3.49. The zero-order chi connectivity index (χ0) is 22.7. The Morgan fingerprint density at radius 1 is 1.09 bits per heavy atom. The summed E-state index contributed by atoms with van der Waals surface area (Å²) in [6.45, 7) is 4.92. The lowest BCUT2D eigenvalue weighted by atomic mass is 9.80. The normalized spacial score (nSPS) is 17.2. The van der Waals surface area contributed by atoms with Crippen molar-refractivity contribution in [3.05, 3.63) is 46.2 Å². The fraction of sp³-hybridized carbons (Fsp3) is 0.480. The molecule has 1 aliphatic carbocycles. The van der Waals surface area contributed by atoms with Crippen LogP contribution in [0.1, 0.15) is 57.1 Å². The minimum absolute atomic E-state index is 0.0700. The van der Waals surface area contributed by atoms with Gasteiger partial charge in [-0.15, -0.1) is 0 Å². The summed E-state index contributed by atoms with van der Waals surface area (Å²) in [5.74, 6) is -1.33. The Hall–Kier alpha value is -2.67. The molecule has 2 aromatic rings. The molecule has 170 valence electrons. The van der Waals surface area contributed by atoms with Crippen molar-refractivity contribution in [1.29, 1.82) is 0 Å². The van der Waals surface area contributed by atoms with E-state index in [9.17, 15) is 14.4 Å². The smallest absolute Gasteiger partial charge is 0.313 e. The monoisotopic (exact) mass is 453 g/mol. The number of benzene rings is 1. The Balaban J connectivity index is 1.42. The van der Waals surface area contributed by atoms with Crippen LogP contribution in [-0.2, 0) is 26.2 Å². The van der Waals surface area contributed by atoms with E-state index in [1.807, 2.05) is 26.0 Å². The zero-order valence-electron chi connectivity index (χ0n) is 18.8. The van der Waals surface area contributed by atoms with Gasteiger partial charge in [0.25, 0.3) is 0 Å². The molecule has 1 aromatic heterocycles. The Morgan fingerprint density at radius 3 is 2.56 bits per heavy atom. The van der Waals surface area contributed by atoms with Crippen molar-refractivity contribution in [3.63, 3.8) is 0 Å². The standard InChI is InChI=1S/C25H31N3O3S/c1-17(2)24(31)28-12-5-6-18-7-8-20(14-21(18)28)27-23(30)22(29)26-16-25(10-3-4-11-25)19-9-13-32-15-19/h7-9,13-15,17H,3-6,10-12,16H2,1-2H3,(H,26,29)(H,27,30). The predicted octanol–water partition coefficient (Wildman–Crippen LogP) is 4.25. The Kier molecular flexibility index (Phi) is 6.65. The largest absolute Gasteiger partial charge is 0.347 e. The third kappa shape index (κ3) is 4.58. The lowest BCUT2D eigenvalue weighted by molar-refractivity contribution is -0.136. The second-order valence-electron chi connectivity index (χ2n) is 9.23. The number of carbonyl (C=O) groups is 3. The van der Waals surface area contributed by atoms with Crippen molar-refractivity contribution >= 4 is 40.4 Å². The molecule has 6 nitrogen and oxygen atoms in total. The summed E-state index contributed by atoms with van der Waals surface area (Å²) in [6, 6.07) is 7.67. The number of hydrogen-bond donors (Lipinski definition) is 2. The molecule has 2 heterocycles. The fourth-order valence-electron chi connectivity index (χ4n) is 4.90. The molecule has 0 radical (unpaired) electrons. The molecule has 32 heavy (non-hydrogen) atoms. The van der Waals surface area contributed by atoms with E-state index in [0.29, 0.717) is 18.8 Å². The van der Waals surface area contributed by atoms with Crippen LogP contribution in [0.2, 0.25) is 0 Å². The van der Waals surface area contributed by atoms with Gasteiger partial charge in [-0.05, 0) is 65.8 Å². The third-order valence-corrected chi connectivity index (χ3v) is 7.39. The van der Waals surface area contributed by atoms with Gasteiger partial charge >= 0.3 is 11.8 Å². The molecule has 1 fully saturated rings. The van der Waals surface area contributed by atoms with Gasteiger partial charge < -0.3 is 15.5 Å². The number of nitrogens with zero attached hydrogens (tertiary/aromatic N) is 1. The van der Waals surface area contributed by atoms with Crippen molar-refractivity contribution in [1.82, 2.24) is 5.32 Å². The number of hydrogen-bond acceptors (Lipinski definition) is 4. The van der Waals surface area contributed by atoms with Crippen LogP contribution in [0.3, 0.4) is 0 Å². The van der Waals surface area contributed by atoms with E-state index in [-0.39, 0.29) is 17.2 Å². The zero-order valence-corrected chi connectivity index (χ0v) is 19.6. The number of rotatable bonds is 5. The number of nitrogens with one attached hydrogen (secondary N) is 2. The van der Waals surface area contributed by atoms with E-state index < -0.39 is 11.8 Å². The van der Waals surface area contributed by atoms with E-state index in [4.69, 9.17) is 0 Å². The van der Waals surface area contributed by atoms with Gasteiger partial charge in [-0.3, -0.25) is 14.4 Å². The molecular formula is C25H31N3O3S. The maximum Gasteiger partial charge on any atom is 0.313 e. The van der Waals surface area contributed by atoms with Crippen LogP contribution in [0, 0.1) is 5.92 Å². The number of anilines is 2. The van der Waals surface area contributed by atoms with Gasteiger partial charge in [0, 0.05) is 35.8 Å². The molecule has 1 aliphatic heterocycles. The highest BCUT2D eigenvalue weighted by molar-refractivity contribution is 7.08. The van der Waals surface area contributed by atoms with E-state index in [1.165, 1.54) is 5.56 Å². The molecule has 2 aliphatic rings. The van der Waals surface area contributed by atoms with E-state index >= 15 is 0 Å². The van der Waals surface area contributed by atoms with Crippen molar-refractivity contribution in [2.75, 3.05) is 23.3 Å². The molecule has 7 heteroatoms. The first kappa shape index (κ1) is 22.5. The molecular weight excluding hydrogens is 422 g/mol. The number of carbonyl (C=O) groups excluding carboxylic acids is 3. The lowest BCUT2D eigenvalue weighted by Gasteiger charge is -2.31. The molecule has 4 rings (SSSR count). The van der Waals surface area contributed by atoms with Crippen molar-refractivity contribution in [3.8, 4) is 0 Å². The highest BCUT2D eigenvalue weighted by Gasteiger charge is 2.36. The summed E-state index contributed by atoms with van der Waals surface area (Å²) in [6.07, 6.45) is 6.14. The molecule has 2 N–H and O–H groups in total. The maximum atomic E-state index is 12.6. The molecule has 1 aromatic carbocycles. The van der Waals surface area contributed by atoms with Gasteiger partial charge in [0.05, 0.1) is 0 Å². The Labute approximate surface area is 193 Å². The molecule has 0 spiro atoms. The SMILES string of the molecule is CC(C)C(=O)N1CCCc2ccc(NC(=O)C(=O)NCC3(c4ccsc4)CCCC3)cc21. The van der Waals surface area contributed by atoms with E-state index in [0.717, 1.165) is 49.8 Å². The number of thiophene rings is 1. The molecule has 0 unspecified atom stereocenters. The number of fused-ring (bicyclic) bond motifs is 1. The van der Waals surface area contributed by atoms with Crippen LogP contribution in [0.4, 0.5) is 11.4 Å². The molecule has 0 saturated heterocycles. The summed E-state index contributed by atoms with van der Waals surface area (Å²) >= 11 is 1.66. The first-order valence-electron chi connectivity index (χ1n) is 11.5. The minimum Gasteiger partial charge on any atom is -0.347 e. The summed E-state index contributed by atoms with van der Waals surface area (Å²) in [5.41, 5.74) is 3.63. The summed E-state index contributed by atoms with van der Waals surface area (Å²) in [5, 5.41) is 9.79. The van der Waals surface area contributed by atoms with Gasteiger partial charge in [0.1, 0.15) is 0 Å². The second kappa shape index (κ2) is 9.45. The topological polar surface area (TPSA) is 78.5 Å². The van der Waals surface area contributed by atoms with E-state index in [2.05, 4.69) is 27.5 Å². The first-order valence-corrected chi connectivity index (χ1v) is 12.4.